The van der Waals surface area contributed by atoms with Crippen LogP contribution in [-0.2, 0) is 4.79 Å². The molecule has 1 aliphatic heterocycles. The molecule has 4 rings (SSSR count). The summed E-state index contributed by atoms with van der Waals surface area (Å²) in [7, 11) is 3.59. The number of rotatable bonds is 6. The third kappa shape index (κ3) is 4.84. The molecule has 0 radical (unpaired) electrons. The fourth-order valence-corrected chi connectivity index (χ4v) is 4.09. The predicted molar refractivity (Wildman–Crippen MR) is 130 cm³/mol. The van der Waals surface area contributed by atoms with Gasteiger partial charge in [0.05, 0.1) is 0 Å². The Bertz CT molecular complexity index is 1200. The van der Waals surface area contributed by atoms with Crippen molar-refractivity contribution < 1.29 is 18.8 Å². The zero-order chi connectivity index (χ0) is 24.4. The topological polar surface area (TPSA) is 111 Å². The Hall–Kier alpha value is -3.59. The van der Waals surface area contributed by atoms with Crippen LogP contribution in [0, 0.1) is 5.92 Å². The summed E-state index contributed by atoms with van der Waals surface area (Å²) in [6.45, 7) is 6.89. The molecule has 1 aromatic carbocycles. The fourth-order valence-electron chi connectivity index (χ4n) is 4.09. The number of H-pyrrole nitrogens is 1. The molecule has 1 atom stereocenters. The maximum atomic E-state index is 12.9. The molecule has 3 N–H and O–H groups in total. The largest absolute Gasteiger partial charge is 0.451 e. The Morgan fingerprint density at radius 1 is 1.03 bits per heavy atom. The second-order valence-corrected chi connectivity index (χ2v) is 9.05. The number of hydrogen-bond acceptors (Lipinski definition) is 5. The van der Waals surface area contributed by atoms with Crippen LogP contribution in [0.25, 0.3) is 22.2 Å². The van der Waals surface area contributed by atoms with E-state index in [4.69, 9.17) is 4.42 Å². The number of hydrogen-bond donors (Lipinski definition) is 3. The number of likely N-dealkylation sites (N-methyl/N-ethyl adjacent to an activating group) is 2. The summed E-state index contributed by atoms with van der Waals surface area (Å²) in [5.74, 6) is -0.129. The van der Waals surface area contributed by atoms with E-state index in [1.54, 1.807) is 12.1 Å². The van der Waals surface area contributed by atoms with E-state index in [0.29, 0.717) is 24.5 Å². The lowest BCUT2D eigenvalue weighted by atomic mass is 10.0. The number of amides is 3. The Kier molecular flexibility index (Phi) is 6.74. The number of benzene rings is 1. The molecule has 2 aromatic heterocycles. The van der Waals surface area contributed by atoms with Gasteiger partial charge in [-0.1, -0.05) is 26.0 Å². The Labute approximate surface area is 198 Å². The molecule has 3 amide bonds. The first-order valence-corrected chi connectivity index (χ1v) is 11.5. The van der Waals surface area contributed by atoms with Crippen LogP contribution in [0.15, 0.2) is 40.8 Å². The Balaban J connectivity index is 1.50. The number of aromatic nitrogens is 1. The van der Waals surface area contributed by atoms with Crippen molar-refractivity contribution >= 4 is 28.6 Å². The number of nitrogens with zero attached hydrogens (tertiary/aromatic N) is 2. The standard InChI is InChI=1S/C25H31N5O4/c1-15(2)22(24(32)26-3)28-23(31)21-8-7-20(34-21)17-6-5-16-13-19(27-18(16)14-17)25(33)30-11-9-29(4)10-12-30/h5-8,13-15,22,27H,9-12H2,1-4H3,(H,26,32)(H,28,31). The van der Waals surface area contributed by atoms with Gasteiger partial charge in [-0.2, -0.15) is 0 Å². The first kappa shape index (κ1) is 23.6. The van der Waals surface area contributed by atoms with Crippen molar-refractivity contribution in [1.82, 2.24) is 25.4 Å². The van der Waals surface area contributed by atoms with E-state index < -0.39 is 11.9 Å². The Morgan fingerprint density at radius 3 is 2.44 bits per heavy atom. The van der Waals surface area contributed by atoms with E-state index in [1.807, 2.05) is 43.0 Å². The quantitative estimate of drug-likeness (QED) is 0.518. The monoisotopic (exact) mass is 465 g/mol. The molecule has 9 nitrogen and oxygen atoms in total. The minimum absolute atomic E-state index is 0.00127. The fraction of sp³-hybridized carbons (Fsp3) is 0.400. The van der Waals surface area contributed by atoms with Gasteiger partial charge in [0.25, 0.3) is 11.8 Å². The second kappa shape index (κ2) is 9.72. The summed E-state index contributed by atoms with van der Waals surface area (Å²) in [6.07, 6.45) is 0. The molecule has 3 heterocycles. The lowest BCUT2D eigenvalue weighted by molar-refractivity contribution is -0.123. The predicted octanol–water partition coefficient (Wildman–Crippen LogP) is 2.32. The summed E-state index contributed by atoms with van der Waals surface area (Å²) in [5, 5.41) is 6.23. The summed E-state index contributed by atoms with van der Waals surface area (Å²) in [4.78, 5) is 44.9. The van der Waals surface area contributed by atoms with Crippen LogP contribution in [-0.4, -0.2) is 78.8 Å². The molecule has 0 aliphatic carbocycles. The number of nitrogens with one attached hydrogen (secondary N) is 3. The van der Waals surface area contributed by atoms with Crippen molar-refractivity contribution in [3.8, 4) is 11.3 Å². The van der Waals surface area contributed by atoms with Crippen molar-refractivity contribution in [1.29, 1.82) is 0 Å². The first-order valence-electron chi connectivity index (χ1n) is 11.5. The van der Waals surface area contributed by atoms with Crippen LogP contribution in [0.3, 0.4) is 0 Å². The van der Waals surface area contributed by atoms with Gasteiger partial charge in [0.1, 0.15) is 17.5 Å². The van der Waals surface area contributed by atoms with E-state index in [-0.39, 0.29) is 23.5 Å². The van der Waals surface area contributed by atoms with Crippen molar-refractivity contribution in [3.63, 3.8) is 0 Å². The maximum absolute atomic E-state index is 12.9. The third-order valence-corrected chi connectivity index (χ3v) is 6.24. The summed E-state index contributed by atoms with van der Waals surface area (Å²) in [6, 6.07) is 10.2. The van der Waals surface area contributed by atoms with Gasteiger partial charge >= 0.3 is 0 Å². The van der Waals surface area contributed by atoms with Crippen molar-refractivity contribution in [2.45, 2.75) is 19.9 Å². The van der Waals surface area contributed by atoms with Crippen LogP contribution < -0.4 is 10.6 Å². The molecule has 3 aromatic rings. The van der Waals surface area contributed by atoms with Gasteiger partial charge < -0.3 is 29.8 Å². The maximum Gasteiger partial charge on any atom is 0.287 e. The molecular weight excluding hydrogens is 434 g/mol. The highest BCUT2D eigenvalue weighted by molar-refractivity contribution is 5.99. The first-order chi connectivity index (χ1) is 16.3. The molecule has 180 valence electrons. The van der Waals surface area contributed by atoms with Gasteiger partial charge in [0, 0.05) is 49.7 Å². The molecule has 1 saturated heterocycles. The average Bonchev–Trinajstić information content (AvgIpc) is 3.48. The smallest absolute Gasteiger partial charge is 0.287 e. The zero-order valence-electron chi connectivity index (χ0n) is 20.0. The van der Waals surface area contributed by atoms with Gasteiger partial charge in [-0.25, -0.2) is 0 Å². The van der Waals surface area contributed by atoms with Gasteiger partial charge in [0.2, 0.25) is 5.91 Å². The van der Waals surface area contributed by atoms with E-state index >= 15 is 0 Å². The molecular formula is C25H31N5O4. The van der Waals surface area contributed by atoms with Crippen LogP contribution >= 0.6 is 0 Å². The number of furan rings is 1. The normalized spacial score (nSPS) is 15.5. The summed E-state index contributed by atoms with van der Waals surface area (Å²) >= 11 is 0. The van der Waals surface area contributed by atoms with Gasteiger partial charge in [-0.05, 0) is 37.2 Å². The van der Waals surface area contributed by atoms with Crippen molar-refractivity contribution in [2.24, 2.45) is 5.92 Å². The molecule has 1 aliphatic rings. The highest BCUT2D eigenvalue weighted by Gasteiger charge is 2.25. The Morgan fingerprint density at radius 2 is 1.76 bits per heavy atom. The molecule has 0 spiro atoms. The highest BCUT2D eigenvalue weighted by atomic mass is 16.4. The minimum atomic E-state index is -0.655. The van der Waals surface area contributed by atoms with Crippen LogP contribution in [0.2, 0.25) is 0 Å². The molecule has 34 heavy (non-hydrogen) atoms. The molecule has 1 unspecified atom stereocenters. The molecule has 0 bridgehead atoms. The van der Waals surface area contributed by atoms with Crippen LogP contribution in [0.5, 0.6) is 0 Å². The number of aromatic amines is 1. The minimum Gasteiger partial charge on any atom is -0.451 e. The summed E-state index contributed by atoms with van der Waals surface area (Å²) in [5.41, 5.74) is 2.15. The number of fused-ring (bicyclic) bond motifs is 1. The highest BCUT2D eigenvalue weighted by Crippen LogP contribution is 2.27. The number of carbonyl (C=O) groups is 3. The van der Waals surface area contributed by atoms with Crippen LogP contribution in [0.1, 0.15) is 34.9 Å². The summed E-state index contributed by atoms with van der Waals surface area (Å²) < 4.78 is 5.80. The van der Waals surface area contributed by atoms with Gasteiger partial charge in [0.15, 0.2) is 5.76 Å². The lowest BCUT2D eigenvalue weighted by Crippen LogP contribution is -2.48. The SMILES string of the molecule is CNC(=O)C(NC(=O)c1ccc(-c2ccc3cc(C(=O)N4CCN(C)CC4)[nH]c3c2)o1)C(C)C. The third-order valence-electron chi connectivity index (χ3n) is 6.24. The lowest BCUT2D eigenvalue weighted by Gasteiger charge is -2.32. The van der Waals surface area contributed by atoms with Crippen molar-refractivity contribution in [3.05, 3.63) is 47.9 Å². The molecule has 9 heteroatoms. The van der Waals surface area contributed by atoms with E-state index in [1.165, 1.54) is 7.05 Å². The van der Waals surface area contributed by atoms with E-state index in [0.717, 1.165) is 29.6 Å². The molecule has 1 fully saturated rings. The van der Waals surface area contributed by atoms with Crippen molar-refractivity contribution in [2.75, 3.05) is 40.3 Å². The van der Waals surface area contributed by atoms with Crippen LogP contribution in [0.4, 0.5) is 0 Å². The zero-order valence-corrected chi connectivity index (χ0v) is 20.0. The second-order valence-electron chi connectivity index (χ2n) is 9.05. The van der Waals surface area contributed by atoms with Gasteiger partial charge in [-0.3, -0.25) is 14.4 Å². The number of carbonyl (C=O) groups excluding carboxylic acids is 3. The van der Waals surface area contributed by atoms with Gasteiger partial charge in [-0.15, -0.1) is 0 Å². The van der Waals surface area contributed by atoms with E-state index in [2.05, 4.69) is 27.6 Å². The average molecular weight is 466 g/mol. The number of piperazine rings is 1. The van der Waals surface area contributed by atoms with E-state index in [9.17, 15) is 14.4 Å². The molecule has 0 saturated carbocycles.